The van der Waals surface area contributed by atoms with Crippen molar-refractivity contribution in [2.45, 2.75) is 19.5 Å². The summed E-state index contributed by atoms with van der Waals surface area (Å²) in [6.07, 6.45) is -0.686. The van der Waals surface area contributed by atoms with Crippen LogP contribution >= 0.6 is 0 Å². The standard InChI is InChI=1S/C16H18F3N3O/c1-3-22(15(23)13-10-20-21(2)11-13)9-8-12-4-6-14(7-5-12)16(17,18)19/h4-7,10-11H,3,8-9H2,1-2H3. The molecule has 0 N–H and O–H groups in total. The number of likely N-dealkylation sites (N-methyl/N-ethyl adjacent to an activating group) is 1. The van der Waals surface area contributed by atoms with E-state index in [1.807, 2.05) is 6.92 Å². The fourth-order valence-electron chi connectivity index (χ4n) is 2.24. The SMILES string of the molecule is CCN(CCc1ccc(C(F)(F)F)cc1)C(=O)c1cnn(C)c1. The number of halogens is 3. The maximum atomic E-state index is 12.5. The van der Waals surface area contributed by atoms with Gasteiger partial charge in [0, 0.05) is 26.3 Å². The Morgan fingerprint density at radius 1 is 1.26 bits per heavy atom. The van der Waals surface area contributed by atoms with E-state index in [-0.39, 0.29) is 5.91 Å². The molecule has 23 heavy (non-hydrogen) atoms. The lowest BCUT2D eigenvalue weighted by atomic mass is 10.1. The van der Waals surface area contributed by atoms with Gasteiger partial charge in [-0.05, 0) is 31.0 Å². The minimum atomic E-state index is -4.33. The van der Waals surface area contributed by atoms with Crippen molar-refractivity contribution in [2.24, 2.45) is 7.05 Å². The number of aryl methyl sites for hydroxylation is 1. The van der Waals surface area contributed by atoms with E-state index in [1.54, 1.807) is 22.8 Å². The zero-order valence-corrected chi connectivity index (χ0v) is 13.0. The van der Waals surface area contributed by atoms with E-state index >= 15 is 0 Å². The van der Waals surface area contributed by atoms with Crippen LogP contribution in [0.2, 0.25) is 0 Å². The van der Waals surface area contributed by atoms with Crippen LogP contribution in [0.25, 0.3) is 0 Å². The highest BCUT2D eigenvalue weighted by molar-refractivity contribution is 5.93. The molecule has 1 amide bonds. The van der Waals surface area contributed by atoms with Crippen molar-refractivity contribution in [3.05, 3.63) is 53.3 Å². The molecule has 0 unspecified atom stereocenters. The molecule has 0 saturated carbocycles. The third-order valence-corrected chi connectivity index (χ3v) is 3.57. The number of amides is 1. The first-order valence-electron chi connectivity index (χ1n) is 7.25. The molecule has 2 aromatic rings. The fraction of sp³-hybridized carbons (Fsp3) is 0.375. The van der Waals surface area contributed by atoms with Crippen LogP contribution in [0.5, 0.6) is 0 Å². The Morgan fingerprint density at radius 2 is 1.91 bits per heavy atom. The lowest BCUT2D eigenvalue weighted by Gasteiger charge is -2.20. The molecule has 0 saturated heterocycles. The van der Waals surface area contributed by atoms with Gasteiger partial charge in [-0.15, -0.1) is 0 Å². The van der Waals surface area contributed by atoms with Crippen molar-refractivity contribution < 1.29 is 18.0 Å². The van der Waals surface area contributed by atoms with E-state index in [0.717, 1.165) is 17.7 Å². The van der Waals surface area contributed by atoms with Gasteiger partial charge in [0.05, 0.1) is 17.3 Å². The number of rotatable bonds is 5. The average Bonchev–Trinajstić information content (AvgIpc) is 2.94. The van der Waals surface area contributed by atoms with Crippen LogP contribution < -0.4 is 0 Å². The summed E-state index contributed by atoms with van der Waals surface area (Å²) in [5.41, 5.74) is 0.595. The molecule has 1 heterocycles. The number of benzene rings is 1. The summed E-state index contributed by atoms with van der Waals surface area (Å²) >= 11 is 0. The van der Waals surface area contributed by atoms with Gasteiger partial charge in [-0.2, -0.15) is 18.3 Å². The highest BCUT2D eigenvalue weighted by Gasteiger charge is 2.29. The van der Waals surface area contributed by atoms with Crippen LogP contribution in [0, 0.1) is 0 Å². The molecule has 124 valence electrons. The zero-order chi connectivity index (χ0) is 17.0. The molecular weight excluding hydrogens is 307 g/mol. The van der Waals surface area contributed by atoms with Crippen LogP contribution in [0.1, 0.15) is 28.4 Å². The summed E-state index contributed by atoms with van der Waals surface area (Å²) < 4.78 is 39.1. The predicted molar refractivity (Wildman–Crippen MR) is 79.9 cm³/mol. The van der Waals surface area contributed by atoms with Crippen molar-refractivity contribution in [2.75, 3.05) is 13.1 Å². The molecule has 0 aliphatic heterocycles. The van der Waals surface area contributed by atoms with E-state index in [2.05, 4.69) is 5.10 Å². The minimum Gasteiger partial charge on any atom is -0.338 e. The summed E-state index contributed by atoms with van der Waals surface area (Å²) in [6, 6.07) is 5.03. The van der Waals surface area contributed by atoms with Crippen molar-refractivity contribution >= 4 is 5.91 Å². The maximum absolute atomic E-state index is 12.5. The minimum absolute atomic E-state index is 0.132. The fourth-order valence-corrected chi connectivity index (χ4v) is 2.24. The molecule has 0 radical (unpaired) electrons. The highest BCUT2D eigenvalue weighted by Crippen LogP contribution is 2.29. The first kappa shape index (κ1) is 17.1. The van der Waals surface area contributed by atoms with Crippen molar-refractivity contribution in [1.29, 1.82) is 0 Å². The van der Waals surface area contributed by atoms with E-state index in [9.17, 15) is 18.0 Å². The van der Waals surface area contributed by atoms with Crippen molar-refractivity contribution in [3.8, 4) is 0 Å². The molecule has 0 aliphatic rings. The number of nitrogens with zero attached hydrogens (tertiary/aromatic N) is 3. The summed E-state index contributed by atoms with van der Waals surface area (Å²) in [7, 11) is 1.73. The summed E-state index contributed by atoms with van der Waals surface area (Å²) in [5, 5.41) is 3.97. The quantitative estimate of drug-likeness (QED) is 0.847. The predicted octanol–water partition coefficient (Wildman–Crippen LogP) is 3.14. The van der Waals surface area contributed by atoms with E-state index in [1.165, 1.54) is 18.3 Å². The summed E-state index contributed by atoms with van der Waals surface area (Å²) in [6.45, 7) is 2.82. The van der Waals surface area contributed by atoms with Gasteiger partial charge in [-0.3, -0.25) is 9.48 Å². The first-order chi connectivity index (χ1) is 10.8. The Balaban J connectivity index is 1.99. The number of hydrogen-bond donors (Lipinski definition) is 0. The number of hydrogen-bond acceptors (Lipinski definition) is 2. The van der Waals surface area contributed by atoms with Gasteiger partial charge in [0.15, 0.2) is 0 Å². The molecule has 7 heteroatoms. The number of alkyl halides is 3. The topological polar surface area (TPSA) is 38.1 Å². The Labute approximate surface area is 132 Å². The van der Waals surface area contributed by atoms with Crippen LogP contribution in [0.15, 0.2) is 36.7 Å². The smallest absolute Gasteiger partial charge is 0.338 e. The number of carbonyl (C=O) groups excluding carboxylic acids is 1. The van der Waals surface area contributed by atoms with Gasteiger partial charge in [0.25, 0.3) is 5.91 Å². The van der Waals surface area contributed by atoms with Gasteiger partial charge >= 0.3 is 6.18 Å². The molecule has 0 fully saturated rings. The Kier molecular flexibility index (Phi) is 5.08. The van der Waals surface area contributed by atoms with E-state index < -0.39 is 11.7 Å². The first-order valence-corrected chi connectivity index (χ1v) is 7.25. The van der Waals surface area contributed by atoms with Crippen LogP contribution in [-0.4, -0.2) is 33.7 Å². The average molecular weight is 325 g/mol. The molecular formula is C16H18F3N3O. The van der Waals surface area contributed by atoms with Crippen molar-refractivity contribution in [3.63, 3.8) is 0 Å². The third-order valence-electron chi connectivity index (χ3n) is 3.57. The molecule has 1 aromatic heterocycles. The van der Waals surface area contributed by atoms with E-state index in [0.29, 0.717) is 25.1 Å². The summed E-state index contributed by atoms with van der Waals surface area (Å²) in [5.74, 6) is -0.132. The third kappa shape index (κ3) is 4.34. The Hall–Kier alpha value is -2.31. The molecule has 0 spiro atoms. The highest BCUT2D eigenvalue weighted by atomic mass is 19.4. The maximum Gasteiger partial charge on any atom is 0.416 e. The van der Waals surface area contributed by atoms with Gasteiger partial charge in [0.2, 0.25) is 0 Å². The largest absolute Gasteiger partial charge is 0.416 e. The van der Waals surface area contributed by atoms with Gasteiger partial charge in [-0.25, -0.2) is 0 Å². The molecule has 4 nitrogen and oxygen atoms in total. The van der Waals surface area contributed by atoms with E-state index in [4.69, 9.17) is 0 Å². The van der Waals surface area contributed by atoms with Crippen molar-refractivity contribution in [1.82, 2.24) is 14.7 Å². The normalized spacial score (nSPS) is 11.5. The van der Waals surface area contributed by atoms with Crippen LogP contribution in [0.3, 0.4) is 0 Å². The number of aromatic nitrogens is 2. The van der Waals surface area contributed by atoms with Gasteiger partial charge < -0.3 is 4.90 Å². The van der Waals surface area contributed by atoms with Gasteiger partial charge in [0.1, 0.15) is 0 Å². The lowest BCUT2D eigenvalue weighted by Crippen LogP contribution is -2.32. The second-order valence-corrected chi connectivity index (χ2v) is 5.23. The Bertz CT molecular complexity index is 662. The second-order valence-electron chi connectivity index (χ2n) is 5.23. The zero-order valence-electron chi connectivity index (χ0n) is 13.0. The molecule has 1 aromatic carbocycles. The monoisotopic (exact) mass is 325 g/mol. The Morgan fingerprint density at radius 3 is 2.39 bits per heavy atom. The molecule has 0 aliphatic carbocycles. The molecule has 0 bridgehead atoms. The lowest BCUT2D eigenvalue weighted by molar-refractivity contribution is -0.137. The van der Waals surface area contributed by atoms with Gasteiger partial charge in [-0.1, -0.05) is 12.1 Å². The number of carbonyl (C=O) groups is 1. The van der Waals surface area contributed by atoms with Crippen LogP contribution in [-0.2, 0) is 19.6 Å². The molecule has 0 atom stereocenters. The summed E-state index contributed by atoms with van der Waals surface area (Å²) in [4.78, 5) is 14.0. The molecule has 2 rings (SSSR count). The van der Waals surface area contributed by atoms with Crippen LogP contribution in [0.4, 0.5) is 13.2 Å². The second kappa shape index (κ2) is 6.85.